The zero-order valence-electron chi connectivity index (χ0n) is 13.7. The van der Waals surface area contributed by atoms with Crippen LogP contribution in [0.1, 0.15) is 62.8 Å². The van der Waals surface area contributed by atoms with Gasteiger partial charge in [-0.15, -0.1) is 0 Å². The quantitative estimate of drug-likeness (QED) is 0.840. The molecule has 0 aromatic heterocycles. The number of benzene rings is 1. The molecule has 0 radical (unpaired) electrons. The molecule has 1 fully saturated rings. The number of hydrogen-bond acceptors (Lipinski definition) is 2. The van der Waals surface area contributed by atoms with Crippen LogP contribution in [-0.4, -0.2) is 23.0 Å². The minimum absolute atomic E-state index is 0.156. The van der Waals surface area contributed by atoms with Crippen LogP contribution in [0.15, 0.2) is 18.2 Å². The van der Waals surface area contributed by atoms with Gasteiger partial charge in [-0.3, -0.25) is 4.90 Å². The predicted octanol–water partition coefficient (Wildman–Crippen LogP) is 3.96. The number of nitrogens with two attached hydrogens (primary N) is 1. The maximum absolute atomic E-state index is 6.58. The second-order valence-electron chi connectivity index (χ2n) is 7.33. The van der Waals surface area contributed by atoms with Crippen LogP contribution in [0.5, 0.6) is 0 Å². The zero-order valence-corrected chi connectivity index (χ0v) is 13.7. The Morgan fingerprint density at radius 2 is 1.85 bits per heavy atom. The van der Waals surface area contributed by atoms with Crippen molar-refractivity contribution in [1.29, 1.82) is 0 Å². The Labute approximate surface area is 124 Å². The first-order valence-electron chi connectivity index (χ1n) is 7.90. The lowest BCUT2D eigenvalue weighted by atomic mass is 9.89. The second kappa shape index (κ2) is 5.87. The number of rotatable bonds is 1. The molecule has 20 heavy (non-hydrogen) atoms. The van der Waals surface area contributed by atoms with Gasteiger partial charge >= 0.3 is 0 Å². The van der Waals surface area contributed by atoms with Crippen LogP contribution < -0.4 is 5.73 Å². The standard InChI is InChI=1S/C18H30N2/c1-13-9-10-14(2)15(12-13)17-16(19)8-6-7-11-20(17)18(3,4)5/h9-10,12,16-17H,6-8,11,19H2,1-5H3. The van der Waals surface area contributed by atoms with E-state index in [0.29, 0.717) is 6.04 Å². The Hall–Kier alpha value is -0.860. The highest BCUT2D eigenvalue weighted by Gasteiger charge is 2.35. The van der Waals surface area contributed by atoms with E-state index in [1.807, 2.05) is 0 Å². The first kappa shape index (κ1) is 15.5. The summed E-state index contributed by atoms with van der Waals surface area (Å²) in [5.41, 5.74) is 10.9. The van der Waals surface area contributed by atoms with Crippen molar-refractivity contribution in [3.8, 4) is 0 Å². The molecule has 1 aliphatic rings. The molecule has 2 N–H and O–H groups in total. The third-order valence-electron chi connectivity index (χ3n) is 4.54. The van der Waals surface area contributed by atoms with Crippen LogP contribution in [0.2, 0.25) is 0 Å². The normalized spacial score (nSPS) is 25.5. The van der Waals surface area contributed by atoms with Crippen molar-refractivity contribution in [3.05, 3.63) is 34.9 Å². The molecular formula is C18H30N2. The van der Waals surface area contributed by atoms with Gasteiger partial charge in [0.15, 0.2) is 0 Å². The van der Waals surface area contributed by atoms with Crippen LogP contribution in [-0.2, 0) is 0 Å². The molecule has 1 aromatic rings. The van der Waals surface area contributed by atoms with Gasteiger partial charge in [0, 0.05) is 11.6 Å². The second-order valence-corrected chi connectivity index (χ2v) is 7.33. The fourth-order valence-electron chi connectivity index (χ4n) is 3.42. The maximum Gasteiger partial charge on any atom is 0.0507 e. The van der Waals surface area contributed by atoms with E-state index in [9.17, 15) is 0 Å². The van der Waals surface area contributed by atoms with E-state index in [4.69, 9.17) is 5.73 Å². The number of nitrogens with zero attached hydrogens (tertiary/aromatic N) is 1. The minimum atomic E-state index is 0.156. The lowest BCUT2D eigenvalue weighted by Crippen LogP contribution is -2.49. The summed E-state index contributed by atoms with van der Waals surface area (Å²) in [5, 5.41) is 0. The number of hydrogen-bond donors (Lipinski definition) is 1. The van der Waals surface area contributed by atoms with Crippen LogP contribution in [0.4, 0.5) is 0 Å². The van der Waals surface area contributed by atoms with Crippen molar-refractivity contribution in [2.24, 2.45) is 5.73 Å². The van der Waals surface area contributed by atoms with E-state index < -0.39 is 0 Å². The Kier molecular flexibility index (Phi) is 4.55. The van der Waals surface area contributed by atoms with Crippen molar-refractivity contribution >= 4 is 0 Å². The summed E-state index contributed by atoms with van der Waals surface area (Å²) in [6.45, 7) is 12.5. The van der Waals surface area contributed by atoms with Crippen molar-refractivity contribution < 1.29 is 0 Å². The van der Waals surface area contributed by atoms with Crippen molar-refractivity contribution in [2.75, 3.05) is 6.54 Å². The molecule has 0 saturated carbocycles. The van der Waals surface area contributed by atoms with Crippen LogP contribution in [0.25, 0.3) is 0 Å². The summed E-state index contributed by atoms with van der Waals surface area (Å²) in [4.78, 5) is 2.62. The lowest BCUT2D eigenvalue weighted by molar-refractivity contribution is 0.0752. The Balaban J connectivity index is 2.48. The monoisotopic (exact) mass is 274 g/mol. The van der Waals surface area contributed by atoms with E-state index in [1.54, 1.807) is 0 Å². The van der Waals surface area contributed by atoms with Crippen molar-refractivity contribution in [2.45, 2.75) is 71.5 Å². The molecule has 2 nitrogen and oxygen atoms in total. The first-order chi connectivity index (χ1) is 9.30. The molecule has 2 heteroatoms. The van der Waals surface area contributed by atoms with Gasteiger partial charge in [0.2, 0.25) is 0 Å². The van der Waals surface area contributed by atoms with Gasteiger partial charge in [-0.05, 0) is 65.1 Å². The topological polar surface area (TPSA) is 29.3 Å². The minimum Gasteiger partial charge on any atom is -0.326 e. The van der Waals surface area contributed by atoms with Crippen LogP contribution >= 0.6 is 0 Å². The maximum atomic E-state index is 6.58. The third-order valence-corrected chi connectivity index (χ3v) is 4.54. The SMILES string of the molecule is Cc1ccc(C)c(C2C(N)CCCCN2C(C)(C)C)c1. The van der Waals surface area contributed by atoms with E-state index in [1.165, 1.54) is 29.5 Å². The fourth-order valence-corrected chi connectivity index (χ4v) is 3.42. The van der Waals surface area contributed by atoms with Gasteiger partial charge in [0.25, 0.3) is 0 Å². The summed E-state index contributed by atoms with van der Waals surface area (Å²) < 4.78 is 0. The molecule has 1 saturated heterocycles. The molecule has 0 amide bonds. The van der Waals surface area contributed by atoms with Gasteiger partial charge in [-0.1, -0.05) is 30.2 Å². The molecule has 2 unspecified atom stereocenters. The molecule has 0 aliphatic carbocycles. The Morgan fingerprint density at radius 3 is 2.50 bits per heavy atom. The van der Waals surface area contributed by atoms with Crippen LogP contribution in [0.3, 0.4) is 0 Å². The van der Waals surface area contributed by atoms with Crippen LogP contribution in [0, 0.1) is 13.8 Å². The smallest absolute Gasteiger partial charge is 0.0507 e. The van der Waals surface area contributed by atoms with Gasteiger partial charge in [0.05, 0.1) is 6.04 Å². The summed E-state index contributed by atoms with van der Waals surface area (Å²) in [6, 6.07) is 7.35. The van der Waals surface area contributed by atoms with E-state index in [2.05, 4.69) is 57.7 Å². The third kappa shape index (κ3) is 3.24. The number of aryl methyl sites for hydroxylation is 2. The van der Waals surface area contributed by atoms with E-state index in [-0.39, 0.29) is 11.6 Å². The highest BCUT2D eigenvalue weighted by molar-refractivity contribution is 5.34. The first-order valence-corrected chi connectivity index (χ1v) is 7.90. The van der Waals surface area contributed by atoms with Gasteiger partial charge < -0.3 is 5.73 Å². The molecule has 1 aromatic carbocycles. The van der Waals surface area contributed by atoms with E-state index >= 15 is 0 Å². The highest BCUT2D eigenvalue weighted by Crippen LogP contribution is 2.36. The van der Waals surface area contributed by atoms with Crippen molar-refractivity contribution in [3.63, 3.8) is 0 Å². The zero-order chi connectivity index (χ0) is 14.9. The molecule has 112 valence electrons. The van der Waals surface area contributed by atoms with Crippen molar-refractivity contribution in [1.82, 2.24) is 4.90 Å². The molecule has 0 spiro atoms. The molecule has 0 bridgehead atoms. The Bertz CT molecular complexity index is 459. The summed E-state index contributed by atoms with van der Waals surface area (Å²) >= 11 is 0. The molecular weight excluding hydrogens is 244 g/mol. The predicted molar refractivity (Wildman–Crippen MR) is 86.9 cm³/mol. The largest absolute Gasteiger partial charge is 0.326 e. The Morgan fingerprint density at radius 1 is 1.15 bits per heavy atom. The average molecular weight is 274 g/mol. The van der Waals surface area contributed by atoms with Gasteiger partial charge in [-0.25, -0.2) is 0 Å². The summed E-state index contributed by atoms with van der Waals surface area (Å²) in [7, 11) is 0. The number of likely N-dealkylation sites (tertiary alicyclic amines) is 1. The molecule has 2 atom stereocenters. The average Bonchev–Trinajstić information content (AvgIpc) is 2.54. The fraction of sp³-hybridized carbons (Fsp3) is 0.667. The molecule has 1 heterocycles. The summed E-state index contributed by atoms with van der Waals surface area (Å²) in [6.07, 6.45) is 3.63. The molecule has 2 rings (SSSR count). The summed E-state index contributed by atoms with van der Waals surface area (Å²) in [5.74, 6) is 0. The lowest BCUT2D eigenvalue weighted by Gasteiger charge is -2.43. The highest BCUT2D eigenvalue weighted by atomic mass is 15.2. The van der Waals surface area contributed by atoms with E-state index in [0.717, 1.165) is 13.0 Å². The molecule has 1 aliphatic heterocycles. The van der Waals surface area contributed by atoms with Gasteiger partial charge in [0.1, 0.15) is 0 Å². The van der Waals surface area contributed by atoms with Gasteiger partial charge in [-0.2, -0.15) is 0 Å².